The number of aryl methyl sites for hydroxylation is 2. The van der Waals surface area contributed by atoms with Crippen LogP contribution in [0.4, 0.5) is 0 Å². The summed E-state index contributed by atoms with van der Waals surface area (Å²) in [5.41, 5.74) is 0. The molecule has 3 nitrogen and oxygen atoms in total. The van der Waals surface area contributed by atoms with Crippen molar-refractivity contribution in [1.29, 1.82) is 0 Å². The van der Waals surface area contributed by atoms with E-state index in [9.17, 15) is 4.79 Å². The third-order valence-electron chi connectivity index (χ3n) is 2.37. The molecule has 0 radical (unpaired) electrons. The van der Waals surface area contributed by atoms with Crippen molar-refractivity contribution in [2.24, 2.45) is 12.0 Å². The van der Waals surface area contributed by atoms with Crippen LogP contribution in [-0.4, -0.2) is 10.5 Å². The van der Waals surface area contributed by atoms with Crippen LogP contribution in [0.3, 0.4) is 0 Å². The lowest BCUT2D eigenvalue weighted by atomic mass is 10.2. The van der Waals surface area contributed by atoms with Crippen LogP contribution in [0.15, 0.2) is 34.1 Å². The Morgan fingerprint density at radius 2 is 2.29 bits per heavy atom. The quantitative estimate of drug-likeness (QED) is 0.837. The number of nitrogens with zero attached hydrogens (tertiary/aromatic N) is 2. The molecule has 2 heterocycles. The van der Waals surface area contributed by atoms with Crippen LogP contribution in [0, 0.1) is 0 Å². The molecule has 2 aromatic heterocycles. The van der Waals surface area contributed by atoms with Crippen molar-refractivity contribution in [2.75, 3.05) is 0 Å². The lowest BCUT2D eigenvalue weighted by Crippen LogP contribution is -2.12. The van der Waals surface area contributed by atoms with E-state index in [1.54, 1.807) is 11.3 Å². The summed E-state index contributed by atoms with van der Waals surface area (Å²) in [5.74, 6) is -0.0281. The normalized spacial score (nSPS) is 11.9. The average molecular weight is 266 g/mol. The summed E-state index contributed by atoms with van der Waals surface area (Å²) in [7, 11) is 1.90. The number of thiophene rings is 1. The van der Waals surface area contributed by atoms with E-state index in [0.29, 0.717) is 6.42 Å². The topological polar surface area (TPSA) is 34.4 Å². The Bertz CT molecular complexity index is 537. The zero-order valence-corrected chi connectivity index (χ0v) is 11.3. The smallest absolute Gasteiger partial charge is 0.248 e. The highest BCUT2D eigenvalue weighted by Crippen LogP contribution is 2.11. The number of carbonyl (C=O) groups is 1. The zero-order chi connectivity index (χ0) is 12.1. The van der Waals surface area contributed by atoms with E-state index < -0.39 is 0 Å². The van der Waals surface area contributed by atoms with Crippen molar-refractivity contribution in [3.8, 4) is 0 Å². The summed E-state index contributed by atoms with van der Waals surface area (Å²) >= 11 is 3.23. The molecular formula is C12H14N2OS2. The molecular weight excluding hydrogens is 252 g/mol. The van der Waals surface area contributed by atoms with Crippen molar-refractivity contribution >= 4 is 28.6 Å². The number of carbonyl (C=O) groups excluding carboxylic acids is 1. The maximum Gasteiger partial charge on any atom is 0.248 e. The first-order valence-corrected chi connectivity index (χ1v) is 7.22. The van der Waals surface area contributed by atoms with Crippen LogP contribution in [0.1, 0.15) is 17.7 Å². The molecule has 0 atom stereocenters. The van der Waals surface area contributed by atoms with Crippen LogP contribution < -0.4 is 4.80 Å². The van der Waals surface area contributed by atoms with Crippen LogP contribution in [0.25, 0.3) is 0 Å². The first kappa shape index (κ1) is 12.3. The van der Waals surface area contributed by atoms with Crippen LogP contribution in [-0.2, 0) is 18.3 Å². The highest BCUT2D eigenvalue weighted by Gasteiger charge is 2.01. The minimum atomic E-state index is -0.0281. The third-order valence-corrected chi connectivity index (χ3v) is 4.16. The van der Waals surface area contributed by atoms with Crippen LogP contribution in [0.2, 0.25) is 0 Å². The van der Waals surface area contributed by atoms with Gasteiger partial charge in [-0.3, -0.25) is 4.79 Å². The van der Waals surface area contributed by atoms with Gasteiger partial charge in [0.1, 0.15) is 0 Å². The summed E-state index contributed by atoms with van der Waals surface area (Å²) in [6.45, 7) is 0. The Labute approximate surface area is 108 Å². The van der Waals surface area contributed by atoms with E-state index in [4.69, 9.17) is 0 Å². The predicted molar refractivity (Wildman–Crippen MR) is 71.1 cm³/mol. The largest absolute Gasteiger partial charge is 0.327 e. The number of hydrogen-bond donors (Lipinski definition) is 0. The Morgan fingerprint density at radius 3 is 2.94 bits per heavy atom. The molecule has 0 unspecified atom stereocenters. The van der Waals surface area contributed by atoms with E-state index >= 15 is 0 Å². The Balaban J connectivity index is 1.84. The van der Waals surface area contributed by atoms with E-state index in [1.807, 2.05) is 29.3 Å². The molecule has 0 N–H and O–H groups in total. The monoisotopic (exact) mass is 266 g/mol. The van der Waals surface area contributed by atoms with Gasteiger partial charge in [-0.25, -0.2) is 0 Å². The second-order valence-corrected chi connectivity index (χ2v) is 5.64. The van der Waals surface area contributed by atoms with Gasteiger partial charge in [0.15, 0.2) is 4.80 Å². The average Bonchev–Trinajstić information content (AvgIpc) is 2.92. The van der Waals surface area contributed by atoms with Gasteiger partial charge >= 0.3 is 0 Å². The molecule has 2 aromatic rings. The van der Waals surface area contributed by atoms with Gasteiger partial charge in [-0.05, 0) is 24.3 Å². The van der Waals surface area contributed by atoms with E-state index in [-0.39, 0.29) is 5.91 Å². The van der Waals surface area contributed by atoms with Crippen LogP contribution >= 0.6 is 22.7 Å². The SMILES string of the molecule is Cn1ccsc1=NC(=O)CCCc1cccs1. The van der Waals surface area contributed by atoms with Crippen LogP contribution in [0.5, 0.6) is 0 Å². The minimum Gasteiger partial charge on any atom is -0.327 e. The van der Waals surface area contributed by atoms with Gasteiger partial charge in [0.2, 0.25) is 5.91 Å². The molecule has 0 saturated carbocycles. The summed E-state index contributed by atoms with van der Waals surface area (Å²) in [6.07, 6.45) is 4.27. The van der Waals surface area contributed by atoms with Crippen molar-refractivity contribution in [3.05, 3.63) is 38.8 Å². The second-order valence-electron chi connectivity index (χ2n) is 3.73. The standard InChI is InChI=1S/C12H14N2OS2/c1-14-7-9-17-12(14)13-11(15)6-2-4-10-5-3-8-16-10/h3,5,7-9H,2,4,6H2,1H3. The lowest BCUT2D eigenvalue weighted by molar-refractivity contribution is -0.118. The van der Waals surface area contributed by atoms with Crippen molar-refractivity contribution in [2.45, 2.75) is 19.3 Å². The van der Waals surface area contributed by atoms with Crippen molar-refractivity contribution < 1.29 is 4.79 Å². The molecule has 5 heteroatoms. The molecule has 0 spiro atoms. The molecule has 0 aliphatic rings. The maximum atomic E-state index is 11.6. The summed E-state index contributed by atoms with van der Waals surface area (Å²) in [4.78, 5) is 17.8. The van der Waals surface area contributed by atoms with Gasteiger partial charge in [0.25, 0.3) is 0 Å². The van der Waals surface area contributed by atoms with Gasteiger partial charge in [-0.2, -0.15) is 4.99 Å². The Morgan fingerprint density at radius 1 is 1.41 bits per heavy atom. The van der Waals surface area contributed by atoms with Gasteiger partial charge in [0.05, 0.1) is 0 Å². The number of hydrogen-bond acceptors (Lipinski definition) is 3. The molecule has 90 valence electrons. The van der Waals surface area contributed by atoms with Gasteiger partial charge in [-0.1, -0.05) is 6.07 Å². The number of amides is 1. The maximum absolute atomic E-state index is 11.6. The fraction of sp³-hybridized carbons (Fsp3) is 0.333. The summed E-state index contributed by atoms with van der Waals surface area (Å²) < 4.78 is 1.86. The fourth-order valence-electron chi connectivity index (χ4n) is 1.47. The van der Waals surface area contributed by atoms with Gasteiger partial charge < -0.3 is 4.57 Å². The fourth-order valence-corrected chi connectivity index (χ4v) is 2.96. The molecule has 0 aliphatic heterocycles. The third kappa shape index (κ3) is 3.64. The molecule has 0 aromatic carbocycles. The molecule has 0 bridgehead atoms. The molecule has 1 amide bonds. The highest BCUT2D eigenvalue weighted by atomic mass is 32.1. The molecule has 17 heavy (non-hydrogen) atoms. The molecule has 2 rings (SSSR count). The van der Waals surface area contributed by atoms with Crippen molar-refractivity contribution in [1.82, 2.24) is 4.57 Å². The highest BCUT2D eigenvalue weighted by molar-refractivity contribution is 7.09. The van der Waals surface area contributed by atoms with E-state index in [2.05, 4.69) is 16.4 Å². The number of rotatable bonds is 4. The van der Waals surface area contributed by atoms with Gasteiger partial charge in [0, 0.05) is 29.9 Å². The molecule has 0 aliphatic carbocycles. The number of aromatic nitrogens is 1. The number of thiazole rings is 1. The molecule has 0 saturated heterocycles. The first-order chi connectivity index (χ1) is 8.25. The Kier molecular flexibility index (Phi) is 4.28. The lowest BCUT2D eigenvalue weighted by Gasteiger charge is -1.95. The van der Waals surface area contributed by atoms with Crippen molar-refractivity contribution in [3.63, 3.8) is 0 Å². The Hall–Kier alpha value is -1.20. The minimum absolute atomic E-state index is 0.0281. The predicted octanol–water partition coefficient (Wildman–Crippen LogP) is 2.60. The summed E-state index contributed by atoms with van der Waals surface area (Å²) in [6, 6.07) is 4.14. The second kappa shape index (κ2) is 5.93. The van der Waals surface area contributed by atoms with Gasteiger partial charge in [-0.15, -0.1) is 22.7 Å². The summed E-state index contributed by atoms with van der Waals surface area (Å²) in [5, 5.41) is 3.99. The first-order valence-electron chi connectivity index (χ1n) is 5.46. The van der Waals surface area contributed by atoms with E-state index in [0.717, 1.165) is 17.6 Å². The zero-order valence-electron chi connectivity index (χ0n) is 9.63. The molecule has 0 fully saturated rings. The van der Waals surface area contributed by atoms with E-state index in [1.165, 1.54) is 16.2 Å².